The number of fused-ring (bicyclic) bond motifs is 1. The van der Waals surface area contributed by atoms with E-state index in [4.69, 9.17) is 0 Å². The van der Waals surface area contributed by atoms with Gasteiger partial charge in [0.25, 0.3) is 5.76 Å². The van der Waals surface area contributed by atoms with E-state index in [1.54, 1.807) is 30.5 Å². The average Bonchev–Trinajstić information content (AvgIpc) is 2.61. The van der Waals surface area contributed by atoms with E-state index >= 15 is 0 Å². The maximum atomic E-state index is 12.3. The molecule has 25 heavy (non-hydrogen) atoms. The third-order valence-electron chi connectivity index (χ3n) is 3.32. The molecular weight excluding hydrogens is 362 g/mol. The van der Waals surface area contributed by atoms with Gasteiger partial charge in [0.2, 0.25) is 5.91 Å². The molecule has 1 N–H and O–H groups in total. The molecule has 0 saturated carbocycles. The Hall–Kier alpha value is -2.12. The first-order valence-corrected chi connectivity index (χ1v) is 9.29. The molecule has 0 spiro atoms. The number of alkyl halides is 2. The largest absolute Gasteiger partial charge is 0.325 e. The van der Waals surface area contributed by atoms with Crippen LogP contribution in [0.2, 0.25) is 0 Å². The van der Waals surface area contributed by atoms with Crippen LogP contribution in [0.3, 0.4) is 0 Å². The highest BCUT2D eigenvalue weighted by Crippen LogP contribution is 2.27. The quantitative estimate of drug-likeness (QED) is 0.594. The maximum absolute atomic E-state index is 12.3. The first-order chi connectivity index (χ1) is 12.1. The fraction of sp³-hybridized carbons (Fsp3) is 0.111. The Morgan fingerprint density at radius 1 is 1.08 bits per heavy atom. The minimum Gasteiger partial charge on any atom is -0.325 e. The van der Waals surface area contributed by atoms with E-state index in [1.807, 2.05) is 30.3 Å². The lowest BCUT2D eigenvalue weighted by Gasteiger charge is -2.07. The number of benzene rings is 2. The molecule has 3 rings (SSSR count). The van der Waals surface area contributed by atoms with Gasteiger partial charge in [0, 0.05) is 27.1 Å². The van der Waals surface area contributed by atoms with Crippen LogP contribution in [0.4, 0.5) is 14.5 Å². The van der Waals surface area contributed by atoms with Gasteiger partial charge in [-0.3, -0.25) is 9.78 Å². The monoisotopic (exact) mass is 376 g/mol. The fourth-order valence-electron chi connectivity index (χ4n) is 2.25. The van der Waals surface area contributed by atoms with Crippen LogP contribution >= 0.6 is 23.5 Å². The zero-order valence-electron chi connectivity index (χ0n) is 13.0. The molecule has 0 radical (unpaired) electrons. The Bertz CT molecular complexity index is 867. The number of hydrogen-bond acceptors (Lipinski definition) is 4. The Kier molecular flexibility index (Phi) is 5.88. The molecule has 2 aromatic carbocycles. The minimum absolute atomic E-state index is 0.160. The third kappa shape index (κ3) is 4.93. The van der Waals surface area contributed by atoms with Crippen molar-refractivity contribution >= 4 is 46.0 Å². The van der Waals surface area contributed by atoms with Crippen molar-refractivity contribution in [1.29, 1.82) is 0 Å². The molecule has 7 heteroatoms. The number of halogens is 2. The highest BCUT2D eigenvalue weighted by atomic mass is 32.2. The molecule has 0 saturated heterocycles. The predicted molar refractivity (Wildman–Crippen MR) is 99.4 cm³/mol. The summed E-state index contributed by atoms with van der Waals surface area (Å²) in [5.74, 6) is -2.37. The summed E-state index contributed by atoms with van der Waals surface area (Å²) in [6.45, 7) is 0. The summed E-state index contributed by atoms with van der Waals surface area (Å²) in [4.78, 5) is 17.9. The maximum Gasteiger partial charge on any atom is 0.288 e. The zero-order valence-corrected chi connectivity index (χ0v) is 14.6. The van der Waals surface area contributed by atoms with Gasteiger partial charge >= 0.3 is 0 Å². The lowest BCUT2D eigenvalue weighted by atomic mass is 10.2. The van der Waals surface area contributed by atoms with Crippen molar-refractivity contribution in [2.75, 3.05) is 11.1 Å². The molecule has 1 amide bonds. The van der Waals surface area contributed by atoms with Crippen molar-refractivity contribution in [1.82, 2.24) is 4.98 Å². The molecule has 0 atom stereocenters. The van der Waals surface area contributed by atoms with Crippen LogP contribution in [0.1, 0.15) is 0 Å². The van der Waals surface area contributed by atoms with Crippen molar-refractivity contribution in [2.24, 2.45) is 0 Å². The molecule has 128 valence electrons. The van der Waals surface area contributed by atoms with Gasteiger partial charge in [-0.2, -0.15) is 8.78 Å². The van der Waals surface area contributed by atoms with Gasteiger partial charge in [-0.25, -0.2) is 0 Å². The standard InChI is InChI=1S/C18H14F2N2OS2/c19-18(20)25-14-8-6-13(7-9-14)22-16(23)11-24-15-5-1-3-12-4-2-10-21-17(12)15/h1-10,18H,11H2,(H,22,23). The molecule has 0 aliphatic carbocycles. The second-order valence-electron chi connectivity index (χ2n) is 5.07. The minimum atomic E-state index is -2.45. The molecule has 0 bridgehead atoms. The van der Waals surface area contributed by atoms with E-state index in [0.29, 0.717) is 22.3 Å². The number of rotatable bonds is 6. The van der Waals surface area contributed by atoms with Gasteiger partial charge in [-0.1, -0.05) is 30.0 Å². The SMILES string of the molecule is O=C(CSc1cccc2cccnc12)Nc1ccc(SC(F)F)cc1. The number of carbonyl (C=O) groups excluding carboxylic acids is 1. The molecule has 0 fully saturated rings. The molecule has 3 aromatic rings. The Labute approximate surface area is 152 Å². The van der Waals surface area contributed by atoms with Gasteiger partial charge in [0.1, 0.15) is 0 Å². The molecule has 1 heterocycles. The normalized spacial score (nSPS) is 11.0. The van der Waals surface area contributed by atoms with E-state index in [9.17, 15) is 13.6 Å². The van der Waals surface area contributed by atoms with Gasteiger partial charge < -0.3 is 5.32 Å². The Morgan fingerprint density at radius 3 is 2.60 bits per heavy atom. The topological polar surface area (TPSA) is 42.0 Å². The summed E-state index contributed by atoms with van der Waals surface area (Å²) in [7, 11) is 0. The van der Waals surface area contributed by atoms with E-state index in [2.05, 4.69) is 10.3 Å². The first-order valence-electron chi connectivity index (χ1n) is 7.43. The van der Waals surface area contributed by atoms with E-state index in [-0.39, 0.29) is 11.7 Å². The van der Waals surface area contributed by atoms with Crippen molar-refractivity contribution in [3.05, 3.63) is 60.8 Å². The lowest BCUT2D eigenvalue weighted by Crippen LogP contribution is -2.13. The number of carbonyl (C=O) groups is 1. The summed E-state index contributed by atoms with van der Waals surface area (Å²) < 4.78 is 24.6. The number of nitrogens with zero attached hydrogens (tertiary/aromatic N) is 1. The van der Waals surface area contributed by atoms with Crippen molar-refractivity contribution in [3.63, 3.8) is 0 Å². The van der Waals surface area contributed by atoms with E-state index < -0.39 is 5.76 Å². The van der Waals surface area contributed by atoms with Crippen LogP contribution in [0.25, 0.3) is 10.9 Å². The van der Waals surface area contributed by atoms with Crippen LogP contribution in [0, 0.1) is 0 Å². The summed E-state index contributed by atoms with van der Waals surface area (Å²) in [5, 5.41) is 3.79. The van der Waals surface area contributed by atoms with Gasteiger partial charge in [0.15, 0.2) is 0 Å². The number of anilines is 1. The number of aromatic nitrogens is 1. The van der Waals surface area contributed by atoms with Crippen LogP contribution < -0.4 is 5.32 Å². The zero-order chi connectivity index (χ0) is 17.6. The molecule has 0 unspecified atom stereocenters. The van der Waals surface area contributed by atoms with Gasteiger partial charge in [0.05, 0.1) is 11.3 Å². The van der Waals surface area contributed by atoms with E-state index in [0.717, 1.165) is 15.8 Å². The Morgan fingerprint density at radius 2 is 1.84 bits per heavy atom. The number of thioether (sulfide) groups is 2. The van der Waals surface area contributed by atoms with Crippen LogP contribution in [0.5, 0.6) is 0 Å². The van der Waals surface area contributed by atoms with Crippen LogP contribution in [-0.2, 0) is 4.79 Å². The molecular formula is C18H14F2N2OS2. The molecule has 3 nitrogen and oxygen atoms in total. The predicted octanol–water partition coefficient (Wildman–Crippen LogP) is 5.28. The summed E-state index contributed by atoms with van der Waals surface area (Å²) in [6.07, 6.45) is 1.73. The highest BCUT2D eigenvalue weighted by Gasteiger charge is 2.08. The molecule has 0 aliphatic heterocycles. The second kappa shape index (κ2) is 8.31. The number of amides is 1. The molecule has 0 aliphatic rings. The summed E-state index contributed by atoms with van der Waals surface area (Å²) in [5.41, 5.74) is 1.46. The smallest absolute Gasteiger partial charge is 0.288 e. The number of para-hydroxylation sites is 1. The number of hydrogen-bond donors (Lipinski definition) is 1. The third-order valence-corrected chi connectivity index (χ3v) is 5.09. The average molecular weight is 376 g/mol. The van der Waals surface area contributed by atoms with Crippen molar-refractivity contribution in [3.8, 4) is 0 Å². The van der Waals surface area contributed by atoms with Gasteiger partial charge in [-0.05, 0) is 36.4 Å². The van der Waals surface area contributed by atoms with Crippen LogP contribution in [-0.4, -0.2) is 22.4 Å². The first kappa shape index (κ1) is 17.7. The second-order valence-corrected chi connectivity index (χ2v) is 7.15. The van der Waals surface area contributed by atoms with Crippen molar-refractivity contribution < 1.29 is 13.6 Å². The number of nitrogens with one attached hydrogen (secondary N) is 1. The fourth-order valence-corrected chi connectivity index (χ4v) is 3.59. The van der Waals surface area contributed by atoms with Gasteiger partial charge in [-0.15, -0.1) is 11.8 Å². The number of pyridine rings is 1. The Balaban J connectivity index is 1.59. The van der Waals surface area contributed by atoms with Crippen LogP contribution in [0.15, 0.2) is 70.6 Å². The lowest BCUT2D eigenvalue weighted by molar-refractivity contribution is -0.113. The van der Waals surface area contributed by atoms with E-state index in [1.165, 1.54) is 11.8 Å². The van der Waals surface area contributed by atoms with Crippen molar-refractivity contribution in [2.45, 2.75) is 15.5 Å². The highest BCUT2D eigenvalue weighted by molar-refractivity contribution is 8.00. The summed E-state index contributed by atoms with van der Waals surface area (Å²) in [6, 6.07) is 16.1. The summed E-state index contributed by atoms with van der Waals surface area (Å²) >= 11 is 1.89. The molecule has 1 aromatic heterocycles.